The number of rotatable bonds is 5. The summed E-state index contributed by atoms with van der Waals surface area (Å²) in [6.07, 6.45) is 0.917. The summed E-state index contributed by atoms with van der Waals surface area (Å²) >= 11 is 12.0. The van der Waals surface area contributed by atoms with Crippen molar-refractivity contribution in [2.75, 3.05) is 0 Å². The van der Waals surface area contributed by atoms with E-state index in [1.54, 1.807) is 18.2 Å². The van der Waals surface area contributed by atoms with Crippen molar-refractivity contribution in [3.8, 4) is 0 Å². The average molecular weight is 746 g/mol. The second-order valence-electron chi connectivity index (χ2n) is 14.7. The van der Waals surface area contributed by atoms with Gasteiger partial charge in [-0.15, -0.1) is 0 Å². The van der Waals surface area contributed by atoms with E-state index in [2.05, 4.69) is 17.8 Å². The lowest BCUT2D eigenvalue weighted by molar-refractivity contribution is 0.0357. The van der Waals surface area contributed by atoms with Crippen molar-refractivity contribution in [3.63, 3.8) is 0 Å². The number of halogens is 2. The number of amides is 4. The van der Waals surface area contributed by atoms with E-state index >= 15 is 0 Å². The summed E-state index contributed by atoms with van der Waals surface area (Å²) in [4.78, 5) is 51.6. The van der Waals surface area contributed by atoms with Gasteiger partial charge in [-0.2, -0.15) is 0 Å². The predicted molar refractivity (Wildman–Crippen MR) is 211 cm³/mol. The highest BCUT2D eigenvalue weighted by Crippen LogP contribution is 2.23. The molecule has 0 saturated heterocycles. The molecule has 0 spiro atoms. The van der Waals surface area contributed by atoms with Crippen LogP contribution in [-0.2, 0) is 6.42 Å². The number of hydrogen-bond acceptors (Lipinski definition) is 4. The molecule has 0 heterocycles. The lowest BCUT2D eigenvalue weighted by atomic mass is 10.0. The molecule has 0 aromatic heterocycles. The van der Waals surface area contributed by atoms with Crippen LogP contribution in [0.25, 0.3) is 0 Å². The molecule has 0 atom stereocenters. The minimum atomic E-state index is -0.654. The van der Waals surface area contributed by atoms with E-state index in [-0.39, 0.29) is 23.6 Å². The highest BCUT2D eigenvalue weighted by Gasteiger charge is 2.31. The zero-order valence-electron chi connectivity index (χ0n) is 32.0. The molecular formula is C42H50Cl2N4O4. The largest absolute Gasteiger partial charge is 0.272 e. The van der Waals surface area contributed by atoms with Gasteiger partial charge < -0.3 is 0 Å². The van der Waals surface area contributed by atoms with Gasteiger partial charge in [0.2, 0.25) is 0 Å². The third kappa shape index (κ3) is 10.7. The summed E-state index contributed by atoms with van der Waals surface area (Å²) in [5.74, 6) is -1.23. The Morgan fingerprint density at radius 1 is 0.577 bits per heavy atom. The molecule has 0 saturated carbocycles. The number of carbonyl (C=O) groups is 4. The van der Waals surface area contributed by atoms with Gasteiger partial charge in [-0.05, 0) is 146 Å². The standard InChI is InChI=1S/C22H28N2O2.C20H22Cl2N2O2/c1-7-17-11-13-18(14-12-17)21(26)24(22(4,5)6)23-20(25)19-10-8-9-15(2)16(19)3;1-12-7-6-8-17(13(12)2)18(25)23-24(20(3,4)5)19(26)14-9-15(21)11-16(22)10-14/h8-14H,7H2,1-6H3,(H,23,25);6-11H,1-5H3,(H,23,25). The minimum Gasteiger partial charge on any atom is -0.267 e. The van der Waals surface area contributed by atoms with Gasteiger partial charge in [-0.3, -0.25) is 30.0 Å². The molecule has 276 valence electrons. The van der Waals surface area contributed by atoms with E-state index in [0.29, 0.717) is 32.3 Å². The number of hydrogen-bond donors (Lipinski definition) is 2. The van der Waals surface area contributed by atoms with Gasteiger partial charge in [-0.25, -0.2) is 10.0 Å². The molecule has 4 rings (SSSR count). The summed E-state index contributed by atoms with van der Waals surface area (Å²) in [6.45, 7) is 21.0. The van der Waals surface area contributed by atoms with Gasteiger partial charge in [0.25, 0.3) is 23.6 Å². The molecule has 4 amide bonds. The third-order valence-electron chi connectivity index (χ3n) is 8.59. The monoisotopic (exact) mass is 744 g/mol. The third-order valence-corrected chi connectivity index (χ3v) is 9.03. The molecule has 0 aliphatic carbocycles. The van der Waals surface area contributed by atoms with Crippen molar-refractivity contribution >= 4 is 46.8 Å². The second-order valence-corrected chi connectivity index (χ2v) is 15.6. The summed E-state index contributed by atoms with van der Waals surface area (Å²) in [6, 6.07) is 23.2. The Hall–Kier alpha value is -4.66. The quantitative estimate of drug-likeness (QED) is 0.199. The maximum atomic E-state index is 13.0. The molecule has 8 nitrogen and oxygen atoms in total. The lowest BCUT2D eigenvalue weighted by Crippen LogP contribution is -2.56. The fourth-order valence-electron chi connectivity index (χ4n) is 5.18. The van der Waals surface area contributed by atoms with Crippen molar-refractivity contribution in [1.82, 2.24) is 20.9 Å². The van der Waals surface area contributed by atoms with Crippen molar-refractivity contribution in [2.24, 2.45) is 0 Å². The molecule has 2 N–H and O–H groups in total. The first-order valence-corrected chi connectivity index (χ1v) is 17.9. The highest BCUT2D eigenvalue weighted by molar-refractivity contribution is 6.35. The molecule has 0 aliphatic heterocycles. The molecule has 0 fully saturated rings. The Morgan fingerprint density at radius 3 is 1.33 bits per heavy atom. The Labute approximate surface area is 318 Å². The fraction of sp³-hybridized carbons (Fsp3) is 0.333. The topological polar surface area (TPSA) is 98.8 Å². The van der Waals surface area contributed by atoms with Crippen LogP contribution in [0.3, 0.4) is 0 Å². The van der Waals surface area contributed by atoms with E-state index in [4.69, 9.17) is 23.2 Å². The van der Waals surface area contributed by atoms with Crippen molar-refractivity contribution in [1.29, 1.82) is 0 Å². The van der Waals surface area contributed by atoms with E-state index in [9.17, 15) is 19.2 Å². The van der Waals surface area contributed by atoms with Crippen LogP contribution in [0, 0.1) is 27.7 Å². The average Bonchev–Trinajstić information content (AvgIpc) is 3.06. The summed E-state index contributed by atoms with van der Waals surface area (Å²) in [7, 11) is 0. The van der Waals surface area contributed by atoms with Crippen molar-refractivity contribution in [3.05, 3.63) is 139 Å². The van der Waals surface area contributed by atoms with Gasteiger partial charge in [0.1, 0.15) is 0 Å². The number of benzene rings is 4. The molecule has 0 bridgehead atoms. The maximum absolute atomic E-state index is 13.0. The Bertz CT molecular complexity index is 1920. The van der Waals surface area contributed by atoms with Crippen LogP contribution >= 0.6 is 23.2 Å². The van der Waals surface area contributed by atoms with Crippen LogP contribution in [-0.4, -0.2) is 44.7 Å². The van der Waals surface area contributed by atoms with Gasteiger partial charge in [0.05, 0.1) is 11.1 Å². The highest BCUT2D eigenvalue weighted by atomic mass is 35.5. The second kappa shape index (κ2) is 17.2. The molecular weight excluding hydrogens is 695 g/mol. The summed E-state index contributed by atoms with van der Waals surface area (Å²) in [5, 5.41) is 3.43. The van der Waals surface area contributed by atoms with Gasteiger partial charge >= 0.3 is 0 Å². The smallest absolute Gasteiger partial charge is 0.267 e. The first-order chi connectivity index (χ1) is 24.1. The first kappa shape index (κ1) is 41.8. The molecule has 4 aromatic carbocycles. The van der Waals surface area contributed by atoms with Crippen LogP contribution in [0.1, 0.15) is 118 Å². The normalized spacial score (nSPS) is 11.2. The van der Waals surface area contributed by atoms with Crippen LogP contribution in [0.4, 0.5) is 0 Å². The SMILES string of the molecule is CCc1ccc(C(=O)N(NC(=O)c2cccc(C)c2C)C(C)(C)C)cc1.Cc1cccc(C(=O)NN(C(=O)c2cc(Cl)cc(Cl)c2)C(C)(C)C)c1C. The lowest BCUT2D eigenvalue weighted by Gasteiger charge is -2.35. The fourth-order valence-corrected chi connectivity index (χ4v) is 5.71. The molecule has 10 heteroatoms. The zero-order valence-corrected chi connectivity index (χ0v) is 33.5. The van der Waals surface area contributed by atoms with Crippen LogP contribution in [0.5, 0.6) is 0 Å². The number of aryl methyl sites for hydroxylation is 3. The molecule has 0 unspecified atom stereocenters. The van der Waals surface area contributed by atoms with Crippen molar-refractivity contribution < 1.29 is 19.2 Å². The van der Waals surface area contributed by atoms with Crippen molar-refractivity contribution in [2.45, 2.75) is 93.7 Å². The van der Waals surface area contributed by atoms with Crippen LogP contribution in [0.15, 0.2) is 78.9 Å². The number of carbonyl (C=O) groups excluding carboxylic acids is 4. The first-order valence-electron chi connectivity index (χ1n) is 17.1. The maximum Gasteiger partial charge on any atom is 0.272 e. The Balaban J connectivity index is 0.000000280. The van der Waals surface area contributed by atoms with E-state index in [0.717, 1.165) is 28.7 Å². The van der Waals surface area contributed by atoms with Crippen LogP contribution in [0.2, 0.25) is 10.0 Å². The summed E-state index contributed by atoms with van der Waals surface area (Å²) < 4.78 is 0. The Kier molecular flexibility index (Phi) is 13.8. The van der Waals surface area contributed by atoms with E-state index in [1.165, 1.54) is 27.7 Å². The minimum absolute atomic E-state index is 0.223. The molecule has 0 aliphatic rings. The van der Waals surface area contributed by atoms with Crippen LogP contribution < -0.4 is 10.9 Å². The summed E-state index contributed by atoms with van der Waals surface area (Å²) in [5.41, 5.74) is 11.3. The molecule has 0 radical (unpaired) electrons. The predicted octanol–water partition coefficient (Wildman–Crippen LogP) is 9.65. The zero-order chi connectivity index (χ0) is 39.1. The van der Waals surface area contributed by atoms with Gasteiger partial charge in [0.15, 0.2) is 0 Å². The number of nitrogens with one attached hydrogen (secondary N) is 2. The molecule has 4 aromatic rings. The number of nitrogens with zero attached hydrogens (tertiary/aromatic N) is 2. The van der Waals surface area contributed by atoms with E-state index < -0.39 is 11.1 Å². The van der Waals surface area contributed by atoms with E-state index in [1.807, 2.05) is 118 Å². The molecule has 52 heavy (non-hydrogen) atoms. The Morgan fingerprint density at radius 2 is 0.962 bits per heavy atom. The van der Waals surface area contributed by atoms with Gasteiger partial charge in [0, 0.05) is 32.3 Å². The van der Waals surface area contributed by atoms with Gasteiger partial charge in [-0.1, -0.05) is 66.5 Å². The number of hydrazine groups is 2.